The molecule has 2 rings (SSSR count). The Labute approximate surface area is 104 Å². The zero-order valence-corrected chi connectivity index (χ0v) is 10.4. The number of carbonyl (C=O) groups is 1. The second-order valence-electron chi connectivity index (χ2n) is 4.19. The second-order valence-corrected chi connectivity index (χ2v) is 4.19. The molecule has 0 saturated carbocycles. The highest BCUT2D eigenvalue weighted by Crippen LogP contribution is 2.28. The summed E-state index contributed by atoms with van der Waals surface area (Å²) in [5, 5.41) is 9.20. The second kappa shape index (κ2) is 5.13. The van der Waals surface area contributed by atoms with Gasteiger partial charge in [0.05, 0.1) is 0 Å². The Balaban J connectivity index is 2.33. The first-order chi connectivity index (χ1) is 8.59. The van der Waals surface area contributed by atoms with E-state index in [9.17, 15) is 4.79 Å². The largest absolute Gasteiger partial charge is 0.364 e. The molecule has 2 N–H and O–H groups in total. The molecule has 98 valence electrons. The van der Waals surface area contributed by atoms with Crippen LogP contribution < -0.4 is 5.73 Å². The van der Waals surface area contributed by atoms with E-state index in [0.29, 0.717) is 6.61 Å². The Morgan fingerprint density at radius 1 is 1.67 bits per heavy atom. The van der Waals surface area contributed by atoms with Crippen molar-refractivity contribution >= 4 is 11.7 Å². The fourth-order valence-electron chi connectivity index (χ4n) is 1.79. The number of ether oxygens (including phenoxy) is 1. The summed E-state index contributed by atoms with van der Waals surface area (Å²) in [5.74, 6) is -0.373. The monoisotopic (exact) mass is 252 g/mol. The van der Waals surface area contributed by atoms with Crippen molar-refractivity contribution in [1.82, 2.24) is 14.6 Å². The van der Waals surface area contributed by atoms with Gasteiger partial charge in [-0.1, -0.05) is 5.22 Å². The number of amides is 1. The minimum atomic E-state index is -0.587. The van der Waals surface area contributed by atoms with E-state index in [2.05, 4.69) is 15.3 Å². The van der Waals surface area contributed by atoms with Crippen molar-refractivity contribution in [3.8, 4) is 0 Å². The number of primary amides is 1. The van der Waals surface area contributed by atoms with Gasteiger partial charge in [-0.25, -0.2) is 4.98 Å². The van der Waals surface area contributed by atoms with Gasteiger partial charge in [0.2, 0.25) is 5.82 Å². The number of imidazole rings is 1. The summed E-state index contributed by atoms with van der Waals surface area (Å²) in [6.07, 6.45) is 3.11. The lowest BCUT2D eigenvalue weighted by atomic mass is 10.3. The van der Waals surface area contributed by atoms with E-state index in [1.54, 1.807) is 18.7 Å². The summed E-state index contributed by atoms with van der Waals surface area (Å²) in [6.45, 7) is 0.676. The smallest absolute Gasteiger partial charge is 0.269 e. The Bertz CT molecular complexity index is 461. The lowest BCUT2D eigenvalue weighted by molar-refractivity contribution is 0.0533. The summed E-state index contributed by atoms with van der Waals surface area (Å²) in [5.41, 5.74) is 5.59. The molecule has 1 aromatic heterocycles. The number of nitrogens with two attached hydrogens (primary N) is 1. The zero-order chi connectivity index (χ0) is 13.1. The minimum Gasteiger partial charge on any atom is -0.364 e. The molecule has 8 heteroatoms. The van der Waals surface area contributed by atoms with Crippen LogP contribution in [0.25, 0.3) is 0 Å². The van der Waals surface area contributed by atoms with Crippen molar-refractivity contribution in [2.45, 2.75) is 19.1 Å². The Kier molecular flexibility index (Phi) is 3.56. The first kappa shape index (κ1) is 12.5. The molecular weight excluding hydrogens is 236 g/mol. The summed E-state index contributed by atoms with van der Waals surface area (Å²) < 4.78 is 7.13. The van der Waals surface area contributed by atoms with Crippen LogP contribution in [0.1, 0.15) is 29.6 Å². The average Bonchev–Trinajstić information content (AvgIpc) is 2.94. The topological polar surface area (TPSA) is 98.1 Å². The molecule has 18 heavy (non-hydrogen) atoms. The highest BCUT2D eigenvalue weighted by molar-refractivity contribution is 5.95. The lowest BCUT2D eigenvalue weighted by Gasteiger charge is -2.12. The molecule has 0 bridgehead atoms. The van der Waals surface area contributed by atoms with Gasteiger partial charge in [-0.15, -0.1) is 5.11 Å². The normalized spacial score (nSPS) is 19.6. The van der Waals surface area contributed by atoms with Crippen molar-refractivity contribution in [3.05, 3.63) is 12.0 Å². The van der Waals surface area contributed by atoms with Crippen LogP contribution in [0.4, 0.5) is 5.82 Å². The first-order valence-corrected chi connectivity index (χ1v) is 5.67. The molecular formula is C10H16N6O2. The van der Waals surface area contributed by atoms with Gasteiger partial charge < -0.3 is 10.5 Å². The minimum absolute atomic E-state index is 0.191. The molecule has 2 heterocycles. The highest BCUT2D eigenvalue weighted by Gasteiger charge is 2.25. The van der Waals surface area contributed by atoms with Crippen LogP contribution in [0.2, 0.25) is 0 Å². The first-order valence-electron chi connectivity index (χ1n) is 5.67. The summed E-state index contributed by atoms with van der Waals surface area (Å²) >= 11 is 0. The van der Waals surface area contributed by atoms with Gasteiger partial charge in [0.1, 0.15) is 12.6 Å². The van der Waals surface area contributed by atoms with E-state index < -0.39 is 5.91 Å². The van der Waals surface area contributed by atoms with E-state index >= 15 is 0 Å². The third kappa shape index (κ3) is 2.48. The molecule has 0 aliphatic carbocycles. The van der Waals surface area contributed by atoms with Crippen LogP contribution in [-0.2, 0) is 4.74 Å². The Morgan fingerprint density at radius 2 is 2.44 bits per heavy atom. The summed E-state index contributed by atoms with van der Waals surface area (Å²) in [7, 11) is 3.45. The van der Waals surface area contributed by atoms with Crippen molar-refractivity contribution in [2.75, 3.05) is 20.7 Å². The molecule has 1 saturated heterocycles. The van der Waals surface area contributed by atoms with Crippen molar-refractivity contribution in [1.29, 1.82) is 0 Å². The van der Waals surface area contributed by atoms with Crippen LogP contribution in [0.5, 0.6) is 0 Å². The molecule has 1 fully saturated rings. The molecule has 1 aliphatic rings. The van der Waals surface area contributed by atoms with Gasteiger partial charge in [-0.05, 0) is 12.8 Å². The Morgan fingerprint density at radius 3 is 3.00 bits per heavy atom. The lowest BCUT2D eigenvalue weighted by Crippen LogP contribution is -2.19. The number of rotatable bonds is 4. The molecule has 0 radical (unpaired) electrons. The van der Waals surface area contributed by atoms with E-state index in [4.69, 9.17) is 10.5 Å². The molecule has 1 aromatic rings. The van der Waals surface area contributed by atoms with Gasteiger partial charge in [0.25, 0.3) is 5.91 Å². The quantitative estimate of drug-likeness (QED) is 0.634. The molecule has 8 nitrogen and oxygen atoms in total. The number of hydrogen-bond donors (Lipinski definition) is 1. The van der Waals surface area contributed by atoms with Gasteiger partial charge >= 0.3 is 0 Å². The third-order valence-corrected chi connectivity index (χ3v) is 2.54. The fraction of sp³-hybridized carbons (Fsp3) is 0.600. The average molecular weight is 252 g/mol. The van der Waals surface area contributed by atoms with Gasteiger partial charge in [-0.3, -0.25) is 14.4 Å². The predicted molar refractivity (Wildman–Crippen MR) is 63.2 cm³/mol. The van der Waals surface area contributed by atoms with Crippen LogP contribution in [-0.4, -0.2) is 41.2 Å². The molecule has 0 aromatic carbocycles. The standard InChI is InChI=1S/C10H16N6O2/c1-15(2)14-13-10-8(9(11)17)16(6-12-10)7-4-3-5-18-7/h6-7H,3-5H2,1-2H3,(H2,11,17)/b14-13+. The summed E-state index contributed by atoms with van der Waals surface area (Å²) in [6, 6.07) is 0. The molecule has 1 amide bonds. The molecule has 1 unspecified atom stereocenters. The third-order valence-electron chi connectivity index (χ3n) is 2.54. The predicted octanol–water partition coefficient (Wildman–Crippen LogP) is 0.851. The van der Waals surface area contributed by atoms with E-state index in [1.165, 1.54) is 11.3 Å². The van der Waals surface area contributed by atoms with Crippen molar-refractivity contribution in [2.24, 2.45) is 16.1 Å². The SMILES string of the molecule is CN(C)/N=N/c1ncn(C2CCCO2)c1C(N)=O. The van der Waals surface area contributed by atoms with Crippen LogP contribution in [0.15, 0.2) is 16.7 Å². The number of nitrogens with zero attached hydrogens (tertiary/aromatic N) is 5. The molecule has 1 aliphatic heterocycles. The van der Waals surface area contributed by atoms with Gasteiger partial charge in [-0.2, -0.15) is 0 Å². The molecule has 1 atom stereocenters. The maximum Gasteiger partial charge on any atom is 0.269 e. The van der Waals surface area contributed by atoms with E-state index in [1.807, 2.05) is 0 Å². The van der Waals surface area contributed by atoms with E-state index in [0.717, 1.165) is 12.8 Å². The van der Waals surface area contributed by atoms with Crippen LogP contribution in [0, 0.1) is 0 Å². The van der Waals surface area contributed by atoms with Crippen molar-refractivity contribution in [3.63, 3.8) is 0 Å². The maximum atomic E-state index is 11.5. The number of carbonyl (C=O) groups excluding carboxylic acids is 1. The number of hydrogen-bond acceptors (Lipinski definition) is 5. The summed E-state index contributed by atoms with van der Waals surface area (Å²) in [4.78, 5) is 15.5. The van der Waals surface area contributed by atoms with Gasteiger partial charge in [0.15, 0.2) is 5.69 Å². The highest BCUT2D eigenvalue weighted by atomic mass is 16.5. The zero-order valence-electron chi connectivity index (χ0n) is 10.4. The fourth-order valence-corrected chi connectivity index (χ4v) is 1.79. The molecule has 0 spiro atoms. The van der Waals surface area contributed by atoms with Gasteiger partial charge in [0, 0.05) is 20.7 Å². The number of aromatic nitrogens is 2. The Hall–Kier alpha value is -1.96. The van der Waals surface area contributed by atoms with Crippen LogP contribution in [0.3, 0.4) is 0 Å². The van der Waals surface area contributed by atoms with E-state index in [-0.39, 0.29) is 17.7 Å². The van der Waals surface area contributed by atoms with Crippen molar-refractivity contribution < 1.29 is 9.53 Å². The maximum absolute atomic E-state index is 11.5. The van der Waals surface area contributed by atoms with Crippen LogP contribution >= 0.6 is 0 Å².